The molecule has 0 amide bonds. The first-order valence-corrected chi connectivity index (χ1v) is 8.47. The van der Waals surface area contributed by atoms with Crippen LogP contribution in [0.1, 0.15) is 5.56 Å². The van der Waals surface area contributed by atoms with E-state index in [2.05, 4.69) is 42.5 Å². The van der Waals surface area contributed by atoms with Gasteiger partial charge in [0.05, 0.1) is 0 Å². The molecule has 0 fully saturated rings. The van der Waals surface area contributed by atoms with Gasteiger partial charge in [0.15, 0.2) is 0 Å². The predicted octanol–water partition coefficient (Wildman–Crippen LogP) is 4.94. The molecule has 0 aromatic heterocycles. The van der Waals surface area contributed by atoms with E-state index in [1.807, 2.05) is 24.3 Å². The van der Waals surface area contributed by atoms with Crippen molar-refractivity contribution in [2.24, 2.45) is 5.73 Å². The van der Waals surface area contributed by atoms with Gasteiger partial charge in [0.25, 0.3) is 0 Å². The van der Waals surface area contributed by atoms with E-state index >= 15 is 0 Å². The van der Waals surface area contributed by atoms with Crippen LogP contribution in [-0.4, -0.2) is 12.6 Å². The lowest BCUT2D eigenvalue weighted by Gasteiger charge is -2.13. The van der Waals surface area contributed by atoms with E-state index in [-0.39, 0.29) is 6.10 Å². The number of benzene rings is 3. The van der Waals surface area contributed by atoms with Crippen molar-refractivity contribution in [2.75, 3.05) is 6.54 Å². The van der Waals surface area contributed by atoms with Gasteiger partial charge in [-0.1, -0.05) is 54.1 Å². The van der Waals surface area contributed by atoms with E-state index in [0.29, 0.717) is 6.54 Å². The Balaban J connectivity index is 1.90. The first-order chi connectivity index (χ1) is 11.7. The molecule has 1 aliphatic heterocycles. The summed E-state index contributed by atoms with van der Waals surface area (Å²) in [4.78, 5) is 0. The fourth-order valence-electron chi connectivity index (χ4n) is 3.23. The second-order valence-electron chi connectivity index (χ2n) is 6.07. The molecule has 2 nitrogen and oxygen atoms in total. The largest absolute Gasteiger partial charge is 0.488 e. The van der Waals surface area contributed by atoms with Crippen LogP contribution >= 0.6 is 11.6 Å². The maximum atomic E-state index is 6.20. The van der Waals surface area contributed by atoms with Crippen molar-refractivity contribution in [1.29, 1.82) is 0 Å². The average molecular weight is 336 g/mol. The molecule has 4 rings (SSSR count). The van der Waals surface area contributed by atoms with Crippen LogP contribution < -0.4 is 10.5 Å². The Labute approximate surface area is 146 Å². The molecule has 1 aliphatic rings. The van der Waals surface area contributed by atoms with Gasteiger partial charge in [-0.15, -0.1) is 0 Å². The molecule has 1 unspecified atom stereocenters. The van der Waals surface area contributed by atoms with Crippen molar-refractivity contribution < 1.29 is 4.74 Å². The van der Waals surface area contributed by atoms with Crippen molar-refractivity contribution in [3.8, 4) is 28.0 Å². The Morgan fingerprint density at radius 1 is 0.917 bits per heavy atom. The van der Waals surface area contributed by atoms with Crippen LogP contribution in [0.25, 0.3) is 22.3 Å². The molecule has 0 spiro atoms. The molecule has 3 aromatic carbocycles. The molecule has 0 bridgehead atoms. The summed E-state index contributed by atoms with van der Waals surface area (Å²) in [7, 11) is 0. The van der Waals surface area contributed by atoms with Crippen molar-refractivity contribution in [3.63, 3.8) is 0 Å². The lowest BCUT2D eigenvalue weighted by molar-refractivity contribution is 0.242. The number of halogens is 1. The molecule has 0 aliphatic carbocycles. The third-order valence-electron chi connectivity index (χ3n) is 4.40. The minimum absolute atomic E-state index is 0.0453. The first-order valence-electron chi connectivity index (χ1n) is 8.09. The van der Waals surface area contributed by atoms with Crippen LogP contribution in [0.3, 0.4) is 0 Å². The van der Waals surface area contributed by atoms with E-state index in [4.69, 9.17) is 22.1 Å². The van der Waals surface area contributed by atoms with Crippen LogP contribution in [0.5, 0.6) is 5.75 Å². The van der Waals surface area contributed by atoms with Crippen molar-refractivity contribution in [2.45, 2.75) is 12.5 Å². The standard InChI is InChI=1S/C21H18ClNO/c22-18-8-4-7-15(10-18)20-12-16(14-5-2-1-3-6-14)9-17-11-19(13-23)24-21(17)20/h1-10,12,19H,11,13,23H2. The van der Waals surface area contributed by atoms with Gasteiger partial charge in [-0.2, -0.15) is 0 Å². The average Bonchev–Trinajstić information content (AvgIpc) is 3.05. The Morgan fingerprint density at radius 3 is 2.46 bits per heavy atom. The van der Waals surface area contributed by atoms with E-state index in [0.717, 1.165) is 28.3 Å². The first kappa shape index (κ1) is 15.3. The van der Waals surface area contributed by atoms with Crippen LogP contribution in [0.15, 0.2) is 66.7 Å². The highest BCUT2D eigenvalue weighted by atomic mass is 35.5. The normalized spacial score (nSPS) is 15.8. The zero-order chi connectivity index (χ0) is 16.5. The van der Waals surface area contributed by atoms with E-state index in [1.165, 1.54) is 16.7 Å². The predicted molar refractivity (Wildman–Crippen MR) is 99.5 cm³/mol. The number of rotatable bonds is 3. The minimum Gasteiger partial charge on any atom is -0.488 e. The van der Waals surface area contributed by atoms with Gasteiger partial charge in [-0.3, -0.25) is 0 Å². The number of ether oxygens (including phenoxy) is 1. The Bertz CT molecular complexity index is 876. The fraction of sp³-hybridized carbons (Fsp3) is 0.143. The summed E-state index contributed by atoms with van der Waals surface area (Å²) in [6.45, 7) is 0.518. The Morgan fingerprint density at radius 2 is 1.71 bits per heavy atom. The minimum atomic E-state index is 0.0453. The molecule has 2 N–H and O–H groups in total. The van der Waals surface area contributed by atoms with Crippen molar-refractivity contribution in [1.82, 2.24) is 0 Å². The van der Waals surface area contributed by atoms with Crippen LogP contribution in [0.2, 0.25) is 5.02 Å². The number of fused-ring (bicyclic) bond motifs is 1. The molecule has 1 heterocycles. The molecule has 3 aromatic rings. The second kappa shape index (κ2) is 6.31. The van der Waals surface area contributed by atoms with Gasteiger partial charge in [0, 0.05) is 23.6 Å². The Kier molecular flexibility index (Phi) is 4.01. The molecule has 1 atom stereocenters. The SMILES string of the molecule is NCC1Cc2cc(-c3ccccc3)cc(-c3cccc(Cl)c3)c2O1. The molecule has 0 saturated heterocycles. The summed E-state index contributed by atoms with van der Waals surface area (Å²) in [5.74, 6) is 0.937. The summed E-state index contributed by atoms with van der Waals surface area (Å²) in [5, 5.41) is 0.722. The van der Waals surface area contributed by atoms with Gasteiger partial charge < -0.3 is 10.5 Å². The molecule has 0 radical (unpaired) electrons. The second-order valence-corrected chi connectivity index (χ2v) is 6.50. The third kappa shape index (κ3) is 2.79. The molecule has 120 valence electrons. The lowest BCUT2D eigenvalue weighted by atomic mass is 9.94. The third-order valence-corrected chi connectivity index (χ3v) is 4.64. The van der Waals surface area contributed by atoms with Gasteiger partial charge in [-0.25, -0.2) is 0 Å². The quantitative estimate of drug-likeness (QED) is 0.736. The highest BCUT2D eigenvalue weighted by molar-refractivity contribution is 6.30. The molecule has 3 heteroatoms. The lowest BCUT2D eigenvalue weighted by Crippen LogP contribution is -2.24. The van der Waals surface area contributed by atoms with E-state index in [1.54, 1.807) is 0 Å². The topological polar surface area (TPSA) is 35.2 Å². The smallest absolute Gasteiger partial charge is 0.131 e. The molecule has 0 saturated carbocycles. The van der Waals surface area contributed by atoms with E-state index < -0.39 is 0 Å². The van der Waals surface area contributed by atoms with Crippen molar-refractivity contribution >= 4 is 11.6 Å². The van der Waals surface area contributed by atoms with E-state index in [9.17, 15) is 0 Å². The van der Waals surface area contributed by atoms with Gasteiger partial charge in [-0.05, 0) is 46.5 Å². The van der Waals surface area contributed by atoms with Gasteiger partial charge >= 0.3 is 0 Å². The zero-order valence-corrected chi connectivity index (χ0v) is 14.0. The summed E-state index contributed by atoms with van der Waals surface area (Å²) in [6, 6.07) is 22.7. The maximum Gasteiger partial charge on any atom is 0.131 e. The molecule has 24 heavy (non-hydrogen) atoms. The monoisotopic (exact) mass is 335 g/mol. The summed E-state index contributed by atoms with van der Waals surface area (Å²) in [6.07, 6.45) is 0.893. The highest BCUT2D eigenvalue weighted by Crippen LogP contribution is 2.42. The van der Waals surface area contributed by atoms with Crippen molar-refractivity contribution in [3.05, 3.63) is 77.3 Å². The van der Waals surface area contributed by atoms with Gasteiger partial charge in [0.2, 0.25) is 0 Å². The fourth-order valence-corrected chi connectivity index (χ4v) is 3.42. The Hall–Kier alpha value is -2.29. The summed E-state index contributed by atoms with van der Waals surface area (Å²) >= 11 is 6.20. The summed E-state index contributed by atoms with van der Waals surface area (Å²) < 4.78 is 6.10. The number of hydrogen-bond acceptors (Lipinski definition) is 2. The molecular weight excluding hydrogens is 318 g/mol. The van der Waals surface area contributed by atoms with Crippen LogP contribution in [-0.2, 0) is 6.42 Å². The number of hydrogen-bond donors (Lipinski definition) is 1. The highest BCUT2D eigenvalue weighted by Gasteiger charge is 2.26. The maximum absolute atomic E-state index is 6.20. The number of nitrogens with two attached hydrogens (primary N) is 1. The zero-order valence-electron chi connectivity index (χ0n) is 13.2. The van der Waals surface area contributed by atoms with Crippen LogP contribution in [0, 0.1) is 0 Å². The van der Waals surface area contributed by atoms with Crippen LogP contribution in [0.4, 0.5) is 0 Å². The molecular formula is C21H18ClNO. The van der Waals surface area contributed by atoms with Gasteiger partial charge in [0.1, 0.15) is 11.9 Å². The summed E-state index contributed by atoms with van der Waals surface area (Å²) in [5.41, 5.74) is 11.6.